The lowest BCUT2D eigenvalue weighted by Crippen LogP contribution is -2.12. The number of pyridine rings is 1. The predicted octanol–water partition coefficient (Wildman–Crippen LogP) is 2.57. The second-order valence-corrected chi connectivity index (χ2v) is 3.38. The van der Waals surface area contributed by atoms with Crippen LogP contribution in [-0.2, 0) is 16.0 Å². The van der Waals surface area contributed by atoms with Crippen LogP contribution in [0.25, 0.3) is 0 Å². The Morgan fingerprint density at radius 3 is 2.71 bits per heavy atom. The van der Waals surface area contributed by atoms with Gasteiger partial charge in [0.25, 0.3) is 6.43 Å². The van der Waals surface area contributed by atoms with Crippen LogP contribution in [0.1, 0.15) is 30.2 Å². The molecule has 0 aliphatic carbocycles. The van der Waals surface area contributed by atoms with Gasteiger partial charge in [-0.25, -0.2) is 13.2 Å². The van der Waals surface area contributed by atoms with Crippen molar-refractivity contribution in [3.05, 3.63) is 28.8 Å². The van der Waals surface area contributed by atoms with Gasteiger partial charge in [0.2, 0.25) is 0 Å². The largest absolute Gasteiger partial charge is 0.466 e. The maximum atomic E-state index is 13.5. The van der Waals surface area contributed by atoms with Crippen LogP contribution in [0.3, 0.4) is 0 Å². The molecule has 0 fully saturated rings. The first kappa shape index (κ1) is 13.5. The number of carbonyl (C=O) groups excluding carboxylic acids is 1. The van der Waals surface area contributed by atoms with Gasteiger partial charge in [0.15, 0.2) is 5.82 Å². The highest BCUT2D eigenvalue weighted by atomic mass is 19.3. The maximum absolute atomic E-state index is 13.5. The van der Waals surface area contributed by atoms with Crippen molar-refractivity contribution in [2.45, 2.75) is 26.7 Å². The highest BCUT2D eigenvalue weighted by Gasteiger charge is 2.22. The topological polar surface area (TPSA) is 39.2 Å². The summed E-state index contributed by atoms with van der Waals surface area (Å²) in [5.41, 5.74) is -1.03. The predicted molar refractivity (Wildman–Crippen MR) is 54.2 cm³/mol. The van der Waals surface area contributed by atoms with Crippen LogP contribution >= 0.6 is 0 Å². The lowest BCUT2D eigenvalue weighted by Gasteiger charge is -2.10. The zero-order valence-corrected chi connectivity index (χ0v) is 9.47. The standard InChI is InChI=1S/C11H12F3NO2/c1-3-17-8(16)4-7-5-15-6(2)10(12)9(7)11(13)14/h5,11H,3-4H2,1-2H3. The molecule has 0 aromatic carbocycles. The quantitative estimate of drug-likeness (QED) is 0.767. The number of hydrogen-bond acceptors (Lipinski definition) is 3. The van der Waals surface area contributed by atoms with E-state index in [1.807, 2.05) is 0 Å². The first-order valence-corrected chi connectivity index (χ1v) is 5.05. The fourth-order valence-electron chi connectivity index (χ4n) is 1.38. The Kier molecular flexibility index (Phi) is 4.48. The summed E-state index contributed by atoms with van der Waals surface area (Å²) in [5.74, 6) is -1.75. The number of hydrogen-bond donors (Lipinski definition) is 0. The molecular weight excluding hydrogens is 235 g/mol. The molecule has 0 saturated heterocycles. The summed E-state index contributed by atoms with van der Waals surface area (Å²) >= 11 is 0. The summed E-state index contributed by atoms with van der Waals surface area (Å²) in [6, 6.07) is 0. The number of rotatable bonds is 4. The first-order chi connectivity index (χ1) is 7.97. The lowest BCUT2D eigenvalue weighted by molar-refractivity contribution is -0.142. The summed E-state index contributed by atoms with van der Waals surface area (Å²) < 4.78 is 43.4. The summed E-state index contributed by atoms with van der Waals surface area (Å²) in [6.07, 6.45) is -2.31. The molecule has 0 spiro atoms. The zero-order valence-electron chi connectivity index (χ0n) is 9.47. The normalized spacial score (nSPS) is 10.7. The Morgan fingerprint density at radius 1 is 1.53 bits per heavy atom. The third-order valence-corrected chi connectivity index (χ3v) is 2.17. The molecule has 94 valence electrons. The van der Waals surface area contributed by atoms with Gasteiger partial charge in [-0.05, 0) is 19.4 Å². The highest BCUT2D eigenvalue weighted by molar-refractivity contribution is 5.73. The second kappa shape index (κ2) is 5.65. The fourth-order valence-corrected chi connectivity index (χ4v) is 1.38. The van der Waals surface area contributed by atoms with E-state index in [2.05, 4.69) is 9.72 Å². The highest BCUT2D eigenvalue weighted by Crippen LogP contribution is 2.27. The van der Waals surface area contributed by atoms with Gasteiger partial charge in [0.1, 0.15) is 0 Å². The molecule has 1 aromatic heterocycles. The zero-order chi connectivity index (χ0) is 13.0. The number of ether oxygens (including phenoxy) is 1. The average Bonchev–Trinajstić information content (AvgIpc) is 2.23. The lowest BCUT2D eigenvalue weighted by atomic mass is 10.1. The molecule has 0 aliphatic heterocycles. The van der Waals surface area contributed by atoms with E-state index in [1.165, 1.54) is 6.92 Å². The Labute approximate surface area is 96.6 Å². The molecule has 0 amide bonds. The third-order valence-electron chi connectivity index (χ3n) is 2.17. The summed E-state index contributed by atoms with van der Waals surface area (Å²) in [5, 5.41) is 0. The second-order valence-electron chi connectivity index (χ2n) is 3.38. The van der Waals surface area contributed by atoms with Gasteiger partial charge in [-0.3, -0.25) is 9.78 Å². The van der Waals surface area contributed by atoms with Crippen molar-refractivity contribution >= 4 is 5.97 Å². The van der Waals surface area contributed by atoms with Crippen molar-refractivity contribution in [1.82, 2.24) is 4.98 Å². The molecule has 1 aromatic rings. The maximum Gasteiger partial charge on any atom is 0.310 e. The van der Waals surface area contributed by atoms with Gasteiger partial charge >= 0.3 is 5.97 Å². The Balaban J connectivity index is 3.07. The van der Waals surface area contributed by atoms with E-state index < -0.39 is 30.2 Å². The molecule has 0 saturated carbocycles. The SMILES string of the molecule is CCOC(=O)Cc1cnc(C)c(F)c1C(F)F. The molecule has 0 unspecified atom stereocenters. The number of aryl methyl sites for hydroxylation is 1. The van der Waals surface area contributed by atoms with Crippen LogP contribution in [0.15, 0.2) is 6.20 Å². The van der Waals surface area contributed by atoms with Crippen LogP contribution in [0.5, 0.6) is 0 Å². The van der Waals surface area contributed by atoms with Crippen molar-refractivity contribution in [3.63, 3.8) is 0 Å². The van der Waals surface area contributed by atoms with Gasteiger partial charge in [-0.2, -0.15) is 0 Å². The van der Waals surface area contributed by atoms with Gasteiger partial charge in [0.05, 0.1) is 24.3 Å². The summed E-state index contributed by atoms with van der Waals surface area (Å²) in [7, 11) is 0. The minimum atomic E-state index is -2.99. The molecule has 17 heavy (non-hydrogen) atoms. The monoisotopic (exact) mass is 247 g/mol. The van der Waals surface area contributed by atoms with Gasteiger partial charge < -0.3 is 4.74 Å². The van der Waals surface area contributed by atoms with Crippen molar-refractivity contribution in [3.8, 4) is 0 Å². The number of esters is 1. The molecule has 1 heterocycles. The van der Waals surface area contributed by atoms with Crippen molar-refractivity contribution in [2.24, 2.45) is 0 Å². The third kappa shape index (κ3) is 3.18. The van der Waals surface area contributed by atoms with Gasteiger partial charge in [-0.15, -0.1) is 0 Å². The Bertz CT molecular complexity index is 421. The average molecular weight is 247 g/mol. The van der Waals surface area contributed by atoms with E-state index in [4.69, 9.17) is 0 Å². The molecule has 3 nitrogen and oxygen atoms in total. The van der Waals surface area contributed by atoms with E-state index in [-0.39, 0.29) is 17.9 Å². The van der Waals surface area contributed by atoms with E-state index in [1.54, 1.807) is 6.92 Å². The molecule has 0 atom stereocenters. The number of alkyl halides is 2. The van der Waals surface area contributed by atoms with Crippen molar-refractivity contribution in [1.29, 1.82) is 0 Å². The van der Waals surface area contributed by atoms with Crippen LogP contribution in [0, 0.1) is 12.7 Å². The molecule has 0 aliphatic rings. The molecule has 6 heteroatoms. The smallest absolute Gasteiger partial charge is 0.310 e. The fraction of sp³-hybridized carbons (Fsp3) is 0.455. The van der Waals surface area contributed by atoms with E-state index >= 15 is 0 Å². The minimum absolute atomic E-state index is 0.118. The summed E-state index contributed by atoms with van der Waals surface area (Å²) in [4.78, 5) is 14.8. The first-order valence-electron chi connectivity index (χ1n) is 5.05. The van der Waals surface area contributed by atoms with Gasteiger partial charge in [0, 0.05) is 6.20 Å². The van der Waals surface area contributed by atoms with Crippen LogP contribution in [-0.4, -0.2) is 17.6 Å². The molecule has 0 bridgehead atoms. The molecular formula is C11H12F3NO2. The van der Waals surface area contributed by atoms with Gasteiger partial charge in [-0.1, -0.05) is 0 Å². The number of carbonyl (C=O) groups is 1. The molecule has 1 rings (SSSR count). The van der Waals surface area contributed by atoms with Crippen LogP contribution in [0.2, 0.25) is 0 Å². The summed E-state index contributed by atoms with van der Waals surface area (Å²) in [6.45, 7) is 3.03. The number of halogens is 3. The van der Waals surface area contributed by atoms with E-state index in [0.717, 1.165) is 6.20 Å². The van der Waals surface area contributed by atoms with E-state index in [0.29, 0.717) is 0 Å². The molecule has 0 N–H and O–H groups in total. The van der Waals surface area contributed by atoms with Crippen LogP contribution < -0.4 is 0 Å². The Morgan fingerprint density at radius 2 is 2.18 bits per heavy atom. The minimum Gasteiger partial charge on any atom is -0.466 e. The van der Waals surface area contributed by atoms with Crippen LogP contribution in [0.4, 0.5) is 13.2 Å². The van der Waals surface area contributed by atoms with E-state index in [9.17, 15) is 18.0 Å². The molecule has 0 radical (unpaired) electrons. The number of nitrogens with zero attached hydrogens (tertiary/aromatic N) is 1. The number of aromatic nitrogens is 1. The van der Waals surface area contributed by atoms with Crippen molar-refractivity contribution in [2.75, 3.05) is 6.61 Å². The Hall–Kier alpha value is -1.59. The van der Waals surface area contributed by atoms with Crippen molar-refractivity contribution < 1.29 is 22.7 Å².